The van der Waals surface area contributed by atoms with Crippen LogP contribution in [0.1, 0.15) is 63.7 Å². The molecule has 0 aliphatic carbocycles. The Morgan fingerprint density at radius 3 is 2.02 bits per heavy atom. The highest BCUT2D eigenvalue weighted by molar-refractivity contribution is 6.21. The van der Waals surface area contributed by atoms with Gasteiger partial charge in [0.25, 0.3) is 11.8 Å². The molecule has 0 fully saturated rings. The van der Waals surface area contributed by atoms with Crippen LogP contribution in [0, 0.1) is 13.8 Å². The lowest BCUT2D eigenvalue weighted by Gasteiger charge is -2.17. The minimum Gasteiger partial charge on any atom is -0.457 e. The summed E-state index contributed by atoms with van der Waals surface area (Å²) in [7, 11) is 0. The number of carbonyl (C=O) groups is 4. The van der Waals surface area contributed by atoms with Crippen molar-refractivity contribution in [2.45, 2.75) is 27.0 Å². The average Bonchev–Trinajstić information content (AvgIpc) is 3.32. The molecule has 0 N–H and O–H groups in total. The summed E-state index contributed by atoms with van der Waals surface area (Å²) >= 11 is 0. The van der Waals surface area contributed by atoms with Gasteiger partial charge in [0.05, 0.1) is 39.8 Å². The number of hydrogen-bond acceptors (Lipinski definition) is 7. The van der Waals surface area contributed by atoms with Crippen LogP contribution < -0.4 is 4.74 Å². The summed E-state index contributed by atoms with van der Waals surface area (Å²) in [5.41, 5.74) is 5.12. The van der Waals surface area contributed by atoms with Gasteiger partial charge in [-0.25, -0.2) is 14.6 Å². The maximum Gasteiger partial charge on any atom is 0.344 e. The standard InChI is InChI=1S/C39H28N2O6/c1-23-16-28(38(44)46-22-25-10-4-3-5-11-25)17-24(2)35(23)47-39(45)32-18-26(19-34-31(32)20-27-12-6-9-15-33(27)40-34)21-41-36(42)29-13-7-8-14-30(29)37(41)43/h3-20H,21-22H2,1-2H3. The lowest BCUT2D eigenvalue weighted by molar-refractivity contribution is 0.0471. The highest BCUT2D eigenvalue weighted by Crippen LogP contribution is 2.31. The molecule has 0 saturated carbocycles. The summed E-state index contributed by atoms with van der Waals surface area (Å²) in [5, 5.41) is 1.41. The van der Waals surface area contributed by atoms with Gasteiger partial charge in [0.15, 0.2) is 0 Å². The fraction of sp³-hybridized carbons (Fsp3) is 0.103. The van der Waals surface area contributed by atoms with Crippen LogP contribution in [0.5, 0.6) is 5.75 Å². The van der Waals surface area contributed by atoms with Gasteiger partial charge in [0, 0.05) is 10.8 Å². The van der Waals surface area contributed by atoms with Crippen LogP contribution in [0.2, 0.25) is 0 Å². The SMILES string of the molecule is Cc1cc(C(=O)OCc2ccccc2)cc(C)c1OC(=O)c1cc(CN2C(=O)c3ccccc3C2=O)cc2nc3ccccc3cc12. The van der Waals surface area contributed by atoms with Crippen molar-refractivity contribution in [1.82, 2.24) is 9.88 Å². The first kappa shape index (κ1) is 29.6. The Labute approximate surface area is 270 Å². The molecule has 1 aromatic heterocycles. The highest BCUT2D eigenvalue weighted by Gasteiger charge is 2.35. The molecule has 1 aliphatic heterocycles. The average molecular weight is 621 g/mol. The second kappa shape index (κ2) is 12.0. The van der Waals surface area contributed by atoms with Crippen molar-refractivity contribution in [2.75, 3.05) is 0 Å². The van der Waals surface area contributed by atoms with Crippen LogP contribution in [0.3, 0.4) is 0 Å². The van der Waals surface area contributed by atoms with Gasteiger partial charge in [-0.05, 0) is 84.6 Å². The highest BCUT2D eigenvalue weighted by atomic mass is 16.5. The van der Waals surface area contributed by atoms with E-state index in [2.05, 4.69) is 0 Å². The number of pyridine rings is 1. The Bertz CT molecular complexity index is 2200. The fourth-order valence-corrected chi connectivity index (χ4v) is 5.95. The topological polar surface area (TPSA) is 103 Å². The Morgan fingerprint density at radius 2 is 1.32 bits per heavy atom. The van der Waals surface area contributed by atoms with E-state index in [0.717, 1.165) is 16.5 Å². The van der Waals surface area contributed by atoms with E-state index in [1.54, 1.807) is 62.4 Å². The van der Waals surface area contributed by atoms with Gasteiger partial charge >= 0.3 is 11.9 Å². The van der Waals surface area contributed by atoms with Gasteiger partial charge in [-0.3, -0.25) is 14.5 Å². The number of amides is 2. The lowest BCUT2D eigenvalue weighted by atomic mass is 10.0. The number of ether oxygens (including phenoxy) is 2. The number of rotatable bonds is 7. The number of esters is 2. The van der Waals surface area contributed by atoms with Gasteiger partial charge in [0.2, 0.25) is 0 Å². The zero-order valence-electron chi connectivity index (χ0n) is 25.7. The van der Waals surface area contributed by atoms with E-state index >= 15 is 0 Å². The zero-order valence-corrected chi connectivity index (χ0v) is 25.7. The van der Waals surface area contributed by atoms with Gasteiger partial charge in [-0.2, -0.15) is 0 Å². The molecule has 0 bridgehead atoms. The monoisotopic (exact) mass is 620 g/mol. The predicted molar refractivity (Wildman–Crippen MR) is 176 cm³/mol. The number of aromatic nitrogens is 1. The minimum absolute atomic E-state index is 0.0467. The number of carbonyl (C=O) groups excluding carboxylic acids is 4. The van der Waals surface area contributed by atoms with Gasteiger partial charge < -0.3 is 9.47 Å². The molecule has 2 amide bonds. The van der Waals surface area contributed by atoms with Crippen LogP contribution in [0.4, 0.5) is 0 Å². The molecular formula is C39H28N2O6. The molecule has 1 aliphatic rings. The molecule has 47 heavy (non-hydrogen) atoms. The Balaban J connectivity index is 1.21. The van der Waals surface area contributed by atoms with E-state index in [-0.39, 0.29) is 18.7 Å². The molecule has 8 nitrogen and oxygen atoms in total. The van der Waals surface area contributed by atoms with Crippen molar-refractivity contribution in [3.05, 3.63) is 154 Å². The first-order valence-corrected chi connectivity index (χ1v) is 15.1. The molecule has 0 radical (unpaired) electrons. The second-order valence-corrected chi connectivity index (χ2v) is 11.5. The molecule has 7 rings (SSSR count). The number of nitrogens with zero attached hydrogens (tertiary/aromatic N) is 2. The maximum atomic E-state index is 14.0. The molecule has 0 spiro atoms. The molecular weight excluding hydrogens is 592 g/mol. The quantitative estimate of drug-likeness (QED) is 0.0794. The molecule has 6 aromatic rings. The number of para-hydroxylation sites is 1. The summed E-state index contributed by atoms with van der Waals surface area (Å²) in [5.74, 6) is -1.59. The van der Waals surface area contributed by atoms with Gasteiger partial charge in [-0.1, -0.05) is 60.7 Å². The molecule has 5 aromatic carbocycles. The lowest BCUT2D eigenvalue weighted by Crippen LogP contribution is -2.29. The summed E-state index contributed by atoms with van der Waals surface area (Å²) in [6, 6.07) is 32.2. The van der Waals surface area contributed by atoms with Crippen molar-refractivity contribution in [3.63, 3.8) is 0 Å². The Morgan fingerprint density at radius 1 is 0.681 bits per heavy atom. The maximum absolute atomic E-state index is 14.0. The third-order valence-corrected chi connectivity index (χ3v) is 8.24. The van der Waals surface area contributed by atoms with E-state index < -0.39 is 23.8 Å². The number of aryl methyl sites for hydroxylation is 2. The van der Waals surface area contributed by atoms with Crippen molar-refractivity contribution in [3.8, 4) is 5.75 Å². The molecule has 2 heterocycles. The minimum atomic E-state index is -0.637. The first-order chi connectivity index (χ1) is 22.8. The van der Waals surface area contributed by atoms with Crippen molar-refractivity contribution in [2.24, 2.45) is 0 Å². The zero-order chi connectivity index (χ0) is 32.7. The van der Waals surface area contributed by atoms with Crippen LogP contribution in [-0.2, 0) is 17.9 Å². The van der Waals surface area contributed by atoms with Crippen molar-refractivity contribution in [1.29, 1.82) is 0 Å². The third kappa shape index (κ3) is 5.61. The van der Waals surface area contributed by atoms with E-state index in [4.69, 9.17) is 14.5 Å². The Kier molecular flexibility index (Phi) is 7.53. The van der Waals surface area contributed by atoms with E-state index in [0.29, 0.717) is 50.0 Å². The van der Waals surface area contributed by atoms with E-state index in [1.807, 2.05) is 60.7 Å². The Hall–Kier alpha value is -6.15. The fourth-order valence-electron chi connectivity index (χ4n) is 5.95. The van der Waals surface area contributed by atoms with Crippen molar-refractivity contribution < 1.29 is 28.7 Å². The van der Waals surface area contributed by atoms with Crippen LogP contribution in [0.25, 0.3) is 21.8 Å². The summed E-state index contributed by atoms with van der Waals surface area (Å²) < 4.78 is 11.5. The number of hydrogen-bond donors (Lipinski definition) is 0. The van der Waals surface area contributed by atoms with Gasteiger partial charge in [0.1, 0.15) is 12.4 Å². The summed E-state index contributed by atoms with van der Waals surface area (Å²) in [6.07, 6.45) is 0. The molecule has 230 valence electrons. The summed E-state index contributed by atoms with van der Waals surface area (Å²) in [6.45, 7) is 3.61. The third-order valence-electron chi connectivity index (χ3n) is 8.24. The normalized spacial score (nSPS) is 12.4. The molecule has 8 heteroatoms. The number of benzene rings is 5. The number of fused-ring (bicyclic) bond motifs is 3. The van der Waals surface area contributed by atoms with E-state index in [1.165, 1.54) is 4.90 Å². The largest absolute Gasteiger partial charge is 0.457 e. The first-order valence-electron chi connectivity index (χ1n) is 15.1. The smallest absolute Gasteiger partial charge is 0.344 e. The van der Waals surface area contributed by atoms with Gasteiger partial charge in [-0.15, -0.1) is 0 Å². The number of imide groups is 1. The second-order valence-electron chi connectivity index (χ2n) is 11.5. The van der Waals surface area contributed by atoms with Crippen LogP contribution in [0.15, 0.2) is 109 Å². The van der Waals surface area contributed by atoms with Crippen molar-refractivity contribution >= 4 is 45.6 Å². The van der Waals surface area contributed by atoms with Crippen LogP contribution >= 0.6 is 0 Å². The summed E-state index contributed by atoms with van der Waals surface area (Å²) in [4.78, 5) is 59.0. The van der Waals surface area contributed by atoms with E-state index in [9.17, 15) is 19.2 Å². The predicted octanol–water partition coefficient (Wildman–Crippen LogP) is 7.38. The molecule has 0 saturated heterocycles. The van der Waals surface area contributed by atoms with Crippen LogP contribution in [-0.4, -0.2) is 33.6 Å². The molecule has 0 unspecified atom stereocenters. The molecule has 0 atom stereocenters.